The highest BCUT2D eigenvalue weighted by atomic mass is 35.5. The van der Waals surface area contributed by atoms with Gasteiger partial charge < -0.3 is 20.4 Å². The van der Waals surface area contributed by atoms with Crippen molar-refractivity contribution in [3.8, 4) is 0 Å². The van der Waals surface area contributed by atoms with E-state index >= 15 is 0 Å². The first-order valence-electron chi connectivity index (χ1n) is 15.4. The van der Waals surface area contributed by atoms with E-state index in [1.54, 1.807) is 12.1 Å². The molecule has 1 saturated heterocycles. The van der Waals surface area contributed by atoms with Gasteiger partial charge in [0.1, 0.15) is 6.04 Å². The first-order chi connectivity index (χ1) is 20.2. The molecule has 0 bridgehead atoms. The predicted octanol–water partition coefficient (Wildman–Crippen LogP) is 4.03. The van der Waals surface area contributed by atoms with E-state index in [1.807, 2.05) is 47.9 Å². The number of piperazine rings is 1. The fraction of sp³-hybridized carbons (Fsp3) is 0.545. The van der Waals surface area contributed by atoms with Crippen LogP contribution in [-0.2, 0) is 27.3 Å². The van der Waals surface area contributed by atoms with Crippen LogP contribution in [0.15, 0.2) is 48.5 Å². The van der Waals surface area contributed by atoms with Gasteiger partial charge in [-0.25, -0.2) is 0 Å². The van der Waals surface area contributed by atoms with E-state index in [0.717, 1.165) is 24.1 Å². The minimum Gasteiger partial charge on any atom is -0.344 e. The third-order valence-electron chi connectivity index (χ3n) is 8.47. The topological polar surface area (TPSA) is 85.0 Å². The Morgan fingerprint density at radius 3 is 2.31 bits per heavy atom. The van der Waals surface area contributed by atoms with Crippen LogP contribution in [0.5, 0.6) is 0 Å². The number of amides is 3. The second-order valence-electron chi connectivity index (χ2n) is 11.8. The molecular weight excluding hydrogens is 550 g/mol. The molecule has 4 rings (SSSR count). The number of nitrogens with zero attached hydrogens (tertiary/aromatic N) is 3. The molecule has 2 aliphatic rings. The highest BCUT2D eigenvalue weighted by Gasteiger charge is 2.35. The summed E-state index contributed by atoms with van der Waals surface area (Å²) in [6.45, 7) is 12.7. The quantitative estimate of drug-likeness (QED) is 0.387. The molecular formula is C33H46ClN5O3. The van der Waals surface area contributed by atoms with Crippen LogP contribution in [0.2, 0.25) is 5.02 Å². The van der Waals surface area contributed by atoms with Crippen LogP contribution in [-0.4, -0.2) is 83.8 Å². The number of benzene rings is 2. The van der Waals surface area contributed by atoms with E-state index in [1.165, 1.54) is 5.56 Å². The van der Waals surface area contributed by atoms with Crippen molar-refractivity contribution in [2.24, 2.45) is 5.92 Å². The van der Waals surface area contributed by atoms with Crippen molar-refractivity contribution < 1.29 is 14.4 Å². The lowest BCUT2D eigenvalue weighted by molar-refractivity contribution is -0.141. The van der Waals surface area contributed by atoms with Gasteiger partial charge in [-0.05, 0) is 55.0 Å². The molecule has 0 radical (unpaired) electrons. The second-order valence-corrected chi connectivity index (χ2v) is 12.2. The van der Waals surface area contributed by atoms with Crippen molar-refractivity contribution in [2.75, 3.05) is 39.3 Å². The first-order valence-corrected chi connectivity index (χ1v) is 15.7. The summed E-state index contributed by atoms with van der Waals surface area (Å²) in [7, 11) is 0. The summed E-state index contributed by atoms with van der Waals surface area (Å²) in [5, 5.41) is 7.12. The summed E-state index contributed by atoms with van der Waals surface area (Å²) in [5.41, 5.74) is 3.28. The molecule has 42 heavy (non-hydrogen) atoms. The fourth-order valence-electron chi connectivity index (χ4n) is 6.13. The average Bonchev–Trinajstić information content (AvgIpc) is 3.39. The first kappa shape index (κ1) is 32.0. The Hall–Kier alpha value is -2.94. The van der Waals surface area contributed by atoms with Crippen LogP contribution >= 0.6 is 11.6 Å². The number of likely N-dealkylation sites (N-methyl/N-ethyl adjacent to an activating group) is 1. The number of carbonyl (C=O) groups excluding carboxylic acids is 3. The van der Waals surface area contributed by atoms with E-state index < -0.39 is 6.04 Å². The van der Waals surface area contributed by atoms with Crippen molar-refractivity contribution >= 4 is 29.3 Å². The molecule has 3 amide bonds. The van der Waals surface area contributed by atoms with Crippen LogP contribution in [0.3, 0.4) is 0 Å². The molecule has 8 nitrogen and oxygen atoms in total. The van der Waals surface area contributed by atoms with Crippen molar-refractivity contribution in [1.82, 2.24) is 25.3 Å². The molecule has 2 aliphatic heterocycles. The number of halogens is 1. The summed E-state index contributed by atoms with van der Waals surface area (Å²) in [6, 6.07) is 14.6. The molecule has 0 saturated carbocycles. The number of hydrogen-bond acceptors (Lipinski definition) is 5. The maximum atomic E-state index is 13.9. The van der Waals surface area contributed by atoms with E-state index in [9.17, 15) is 14.4 Å². The number of carbonyl (C=O) groups is 3. The van der Waals surface area contributed by atoms with Gasteiger partial charge in [-0.15, -0.1) is 0 Å². The van der Waals surface area contributed by atoms with Crippen LogP contribution in [0.25, 0.3) is 0 Å². The van der Waals surface area contributed by atoms with E-state index in [-0.39, 0.29) is 36.2 Å². The van der Waals surface area contributed by atoms with Gasteiger partial charge in [0, 0.05) is 69.7 Å². The summed E-state index contributed by atoms with van der Waals surface area (Å²) in [6.07, 6.45) is 1.43. The molecule has 9 heteroatoms. The third kappa shape index (κ3) is 8.12. The highest BCUT2D eigenvalue weighted by molar-refractivity contribution is 6.30. The van der Waals surface area contributed by atoms with Crippen LogP contribution in [0.4, 0.5) is 0 Å². The maximum absolute atomic E-state index is 13.9. The zero-order chi connectivity index (χ0) is 30.2. The highest BCUT2D eigenvalue weighted by Crippen LogP contribution is 2.27. The van der Waals surface area contributed by atoms with Gasteiger partial charge in [0.25, 0.3) is 0 Å². The van der Waals surface area contributed by atoms with Crippen LogP contribution in [0, 0.1) is 5.92 Å². The van der Waals surface area contributed by atoms with Gasteiger partial charge in [0.2, 0.25) is 17.7 Å². The smallest absolute Gasteiger partial charge is 0.245 e. The van der Waals surface area contributed by atoms with E-state index in [4.69, 9.17) is 11.6 Å². The minimum atomic E-state index is -0.689. The van der Waals surface area contributed by atoms with E-state index in [2.05, 4.69) is 41.5 Å². The molecule has 2 N–H and O–H groups in total. The molecule has 2 unspecified atom stereocenters. The Morgan fingerprint density at radius 2 is 1.67 bits per heavy atom. The summed E-state index contributed by atoms with van der Waals surface area (Å²) in [5.74, 6) is 0.308. The summed E-state index contributed by atoms with van der Waals surface area (Å²) < 4.78 is 0. The van der Waals surface area contributed by atoms with Gasteiger partial charge in [-0.2, -0.15) is 0 Å². The van der Waals surface area contributed by atoms with Crippen LogP contribution < -0.4 is 10.6 Å². The van der Waals surface area contributed by atoms with Crippen LogP contribution in [0.1, 0.15) is 63.3 Å². The SMILES string of the molecule is CCN(CC)C(=O)C(CC(C)C)N1CCN(C(=O)[C@@H](Cc2ccc(Cl)cc2)NC(=O)CC2NCc3ccccc32)CC1. The normalized spacial score (nSPS) is 18.4. The molecule has 0 spiro atoms. The van der Waals surface area contributed by atoms with Crippen molar-refractivity contribution in [3.05, 3.63) is 70.2 Å². The van der Waals surface area contributed by atoms with Crippen molar-refractivity contribution in [3.63, 3.8) is 0 Å². The van der Waals surface area contributed by atoms with Gasteiger partial charge in [0.05, 0.1) is 6.04 Å². The second kappa shape index (κ2) is 15.0. The number of rotatable bonds is 12. The Morgan fingerprint density at radius 1 is 1.00 bits per heavy atom. The molecule has 2 heterocycles. The predicted molar refractivity (Wildman–Crippen MR) is 167 cm³/mol. The molecule has 228 valence electrons. The standard InChI is InChI=1S/C33H46ClN5O3/c1-5-37(6-2)33(42)30(19-23(3)4)38-15-17-39(18-16-38)32(41)29(20-24-11-13-26(34)14-12-24)36-31(40)21-28-27-10-8-7-9-25(27)22-35-28/h7-14,23,28-30,35H,5-6,15-22H2,1-4H3,(H,36,40)/t28?,29-,30?/m1/s1. The lowest BCUT2D eigenvalue weighted by atomic mass is 9.99. The summed E-state index contributed by atoms with van der Waals surface area (Å²) in [4.78, 5) is 46.6. The zero-order valence-electron chi connectivity index (χ0n) is 25.4. The third-order valence-corrected chi connectivity index (χ3v) is 8.72. The zero-order valence-corrected chi connectivity index (χ0v) is 26.2. The number of hydrogen-bond donors (Lipinski definition) is 2. The van der Waals surface area contributed by atoms with Gasteiger partial charge in [-0.1, -0.05) is 61.8 Å². The van der Waals surface area contributed by atoms with Crippen molar-refractivity contribution in [1.29, 1.82) is 0 Å². The number of nitrogens with one attached hydrogen (secondary N) is 2. The largest absolute Gasteiger partial charge is 0.344 e. The van der Waals surface area contributed by atoms with Gasteiger partial charge in [0.15, 0.2) is 0 Å². The lowest BCUT2D eigenvalue weighted by Gasteiger charge is -2.41. The Bertz CT molecular complexity index is 1210. The fourth-order valence-corrected chi connectivity index (χ4v) is 6.25. The van der Waals surface area contributed by atoms with E-state index in [0.29, 0.717) is 56.6 Å². The molecule has 2 aromatic carbocycles. The minimum absolute atomic E-state index is 0.0720. The molecule has 1 fully saturated rings. The Kier molecular flexibility index (Phi) is 11.4. The Balaban J connectivity index is 1.43. The van der Waals surface area contributed by atoms with Gasteiger partial charge in [-0.3, -0.25) is 19.3 Å². The summed E-state index contributed by atoms with van der Waals surface area (Å²) >= 11 is 6.10. The van der Waals surface area contributed by atoms with Gasteiger partial charge >= 0.3 is 0 Å². The Labute approximate surface area is 255 Å². The monoisotopic (exact) mass is 595 g/mol. The molecule has 0 aromatic heterocycles. The maximum Gasteiger partial charge on any atom is 0.245 e. The lowest BCUT2D eigenvalue weighted by Crippen LogP contribution is -2.59. The molecule has 0 aliphatic carbocycles. The average molecular weight is 596 g/mol. The molecule has 3 atom stereocenters. The number of fused-ring (bicyclic) bond motifs is 1. The molecule has 2 aromatic rings. The van der Waals surface area contributed by atoms with Crippen molar-refractivity contribution in [2.45, 2.75) is 71.6 Å².